The molecule has 2 fully saturated rings. The highest BCUT2D eigenvalue weighted by Crippen LogP contribution is 2.29. The lowest BCUT2D eigenvalue weighted by atomic mass is 9.98. The van der Waals surface area contributed by atoms with Crippen molar-refractivity contribution in [2.45, 2.75) is 31.7 Å². The van der Waals surface area contributed by atoms with Gasteiger partial charge in [0, 0.05) is 43.8 Å². The van der Waals surface area contributed by atoms with E-state index in [1.807, 2.05) is 24.4 Å². The van der Waals surface area contributed by atoms with Gasteiger partial charge in [-0.25, -0.2) is 4.79 Å². The second-order valence-corrected chi connectivity index (χ2v) is 8.34. The van der Waals surface area contributed by atoms with Gasteiger partial charge in [0.15, 0.2) is 0 Å². The number of rotatable bonds is 6. The zero-order valence-corrected chi connectivity index (χ0v) is 17.9. The van der Waals surface area contributed by atoms with E-state index in [9.17, 15) is 4.79 Å². The molecule has 6 heteroatoms. The number of ether oxygens (including phenoxy) is 2. The van der Waals surface area contributed by atoms with Crippen LogP contribution in [0.1, 0.15) is 35.2 Å². The number of likely N-dealkylation sites (tertiary alicyclic amines) is 1. The Labute approximate surface area is 178 Å². The molecule has 4 rings (SSSR count). The SMILES string of the molecule is COC(=O)c1cncc(CC2CCN(C3CCN(c4ccc(OC)cc4)CC3)C2)c1. The lowest BCUT2D eigenvalue weighted by molar-refractivity contribution is 0.0600. The van der Waals surface area contributed by atoms with Crippen LogP contribution in [0.2, 0.25) is 0 Å². The number of hydrogen-bond donors (Lipinski definition) is 0. The minimum Gasteiger partial charge on any atom is -0.497 e. The molecule has 0 spiro atoms. The lowest BCUT2D eigenvalue weighted by Gasteiger charge is -2.38. The molecule has 2 aromatic rings. The Balaban J connectivity index is 1.27. The molecule has 1 aromatic carbocycles. The summed E-state index contributed by atoms with van der Waals surface area (Å²) < 4.78 is 10.1. The molecule has 3 heterocycles. The second kappa shape index (κ2) is 9.47. The van der Waals surface area contributed by atoms with Gasteiger partial charge in [0.2, 0.25) is 0 Å². The number of carbonyl (C=O) groups is 1. The molecule has 0 bridgehead atoms. The first-order valence-corrected chi connectivity index (χ1v) is 10.8. The van der Waals surface area contributed by atoms with Crippen LogP contribution in [0.4, 0.5) is 5.69 Å². The van der Waals surface area contributed by atoms with Gasteiger partial charge >= 0.3 is 5.97 Å². The second-order valence-electron chi connectivity index (χ2n) is 8.34. The Morgan fingerprint density at radius 2 is 1.83 bits per heavy atom. The molecule has 0 aliphatic carbocycles. The van der Waals surface area contributed by atoms with Crippen molar-refractivity contribution < 1.29 is 14.3 Å². The Hall–Kier alpha value is -2.60. The third-order valence-electron chi connectivity index (χ3n) is 6.48. The van der Waals surface area contributed by atoms with Gasteiger partial charge in [-0.05, 0) is 74.0 Å². The van der Waals surface area contributed by atoms with Crippen LogP contribution in [0, 0.1) is 5.92 Å². The first-order chi connectivity index (χ1) is 14.7. The summed E-state index contributed by atoms with van der Waals surface area (Å²) in [6, 6.07) is 11.0. The number of methoxy groups -OCH3 is 2. The number of nitrogens with zero attached hydrogens (tertiary/aromatic N) is 3. The highest BCUT2D eigenvalue weighted by Gasteiger charge is 2.31. The van der Waals surface area contributed by atoms with E-state index in [0.29, 0.717) is 17.5 Å². The molecule has 1 aromatic heterocycles. The molecule has 1 unspecified atom stereocenters. The lowest BCUT2D eigenvalue weighted by Crippen LogP contribution is -2.44. The topological polar surface area (TPSA) is 54.9 Å². The normalized spacial score (nSPS) is 20.3. The van der Waals surface area contributed by atoms with E-state index in [-0.39, 0.29) is 5.97 Å². The molecule has 0 radical (unpaired) electrons. The predicted octanol–water partition coefficient (Wildman–Crippen LogP) is 3.41. The fourth-order valence-corrected chi connectivity index (χ4v) is 4.81. The molecule has 0 saturated carbocycles. The van der Waals surface area contributed by atoms with Gasteiger partial charge in [-0.15, -0.1) is 0 Å². The monoisotopic (exact) mass is 409 g/mol. The van der Waals surface area contributed by atoms with E-state index in [4.69, 9.17) is 9.47 Å². The average Bonchev–Trinajstić information content (AvgIpc) is 3.27. The quantitative estimate of drug-likeness (QED) is 0.682. The number of benzene rings is 1. The number of esters is 1. The summed E-state index contributed by atoms with van der Waals surface area (Å²) in [4.78, 5) is 21.1. The van der Waals surface area contributed by atoms with Crippen molar-refractivity contribution in [3.8, 4) is 5.75 Å². The maximum atomic E-state index is 11.7. The number of pyridine rings is 1. The van der Waals surface area contributed by atoms with Gasteiger partial charge in [0.05, 0.1) is 19.8 Å². The highest BCUT2D eigenvalue weighted by atomic mass is 16.5. The van der Waals surface area contributed by atoms with Crippen LogP contribution in [0.15, 0.2) is 42.7 Å². The van der Waals surface area contributed by atoms with Crippen molar-refractivity contribution in [1.82, 2.24) is 9.88 Å². The van der Waals surface area contributed by atoms with Crippen LogP contribution < -0.4 is 9.64 Å². The summed E-state index contributed by atoms with van der Waals surface area (Å²) >= 11 is 0. The Kier molecular flexibility index (Phi) is 6.53. The van der Waals surface area contributed by atoms with E-state index in [1.54, 1.807) is 13.3 Å². The van der Waals surface area contributed by atoms with Crippen LogP contribution in [-0.4, -0.2) is 62.3 Å². The van der Waals surface area contributed by atoms with Crippen LogP contribution in [0.5, 0.6) is 5.75 Å². The van der Waals surface area contributed by atoms with E-state index in [0.717, 1.165) is 37.4 Å². The van der Waals surface area contributed by atoms with Crippen LogP contribution >= 0.6 is 0 Å². The molecule has 6 nitrogen and oxygen atoms in total. The first-order valence-electron chi connectivity index (χ1n) is 10.8. The summed E-state index contributed by atoms with van der Waals surface area (Å²) in [7, 11) is 3.11. The smallest absolute Gasteiger partial charge is 0.339 e. The third-order valence-corrected chi connectivity index (χ3v) is 6.48. The maximum absolute atomic E-state index is 11.7. The standard InChI is InChI=1S/C24H31N3O3/c1-29-23-5-3-21(4-6-23)26-11-8-22(9-12-26)27-10-7-18(17-27)13-19-14-20(16-25-15-19)24(28)30-2/h3-6,14-16,18,22H,7-13,17H2,1-2H3. The van der Waals surface area contributed by atoms with E-state index in [1.165, 1.54) is 38.6 Å². The average molecular weight is 410 g/mol. The van der Waals surface area contributed by atoms with E-state index >= 15 is 0 Å². The largest absolute Gasteiger partial charge is 0.497 e. The maximum Gasteiger partial charge on any atom is 0.339 e. The fourth-order valence-electron chi connectivity index (χ4n) is 4.81. The predicted molar refractivity (Wildman–Crippen MR) is 117 cm³/mol. The Bertz CT molecular complexity index is 847. The molecule has 2 saturated heterocycles. The number of aromatic nitrogens is 1. The van der Waals surface area contributed by atoms with Gasteiger partial charge in [-0.2, -0.15) is 0 Å². The van der Waals surface area contributed by atoms with Crippen molar-refractivity contribution in [3.63, 3.8) is 0 Å². The third kappa shape index (κ3) is 4.75. The first kappa shape index (κ1) is 20.7. The molecule has 0 amide bonds. The van der Waals surface area contributed by atoms with Gasteiger partial charge < -0.3 is 14.4 Å². The summed E-state index contributed by atoms with van der Waals surface area (Å²) in [5.74, 6) is 1.21. The van der Waals surface area contributed by atoms with Crippen molar-refractivity contribution in [1.29, 1.82) is 0 Å². The zero-order valence-electron chi connectivity index (χ0n) is 17.9. The van der Waals surface area contributed by atoms with E-state index < -0.39 is 0 Å². The van der Waals surface area contributed by atoms with Gasteiger partial charge in [-0.3, -0.25) is 9.88 Å². The van der Waals surface area contributed by atoms with Gasteiger partial charge in [0.1, 0.15) is 5.75 Å². The van der Waals surface area contributed by atoms with Crippen molar-refractivity contribution in [2.75, 3.05) is 45.3 Å². The number of anilines is 1. The summed E-state index contributed by atoms with van der Waals surface area (Å²) in [5, 5.41) is 0. The van der Waals surface area contributed by atoms with Gasteiger partial charge in [0.25, 0.3) is 0 Å². The zero-order chi connectivity index (χ0) is 20.9. The molecule has 2 aliphatic rings. The number of piperidine rings is 1. The minimum absolute atomic E-state index is 0.319. The van der Waals surface area contributed by atoms with E-state index in [2.05, 4.69) is 26.9 Å². The number of carbonyl (C=O) groups excluding carboxylic acids is 1. The highest BCUT2D eigenvalue weighted by molar-refractivity contribution is 5.89. The van der Waals surface area contributed by atoms with Gasteiger partial charge in [-0.1, -0.05) is 0 Å². The van der Waals surface area contributed by atoms with Crippen molar-refractivity contribution in [2.24, 2.45) is 5.92 Å². The summed E-state index contributed by atoms with van der Waals surface area (Å²) in [6.45, 7) is 4.50. The van der Waals surface area contributed by atoms with Crippen LogP contribution in [0.3, 0.4) is 0 Å². The summed E-state index contributed by atoms with van der Waals surface area (Å²) in [5.41, 5.74) is 2.95. The van der Waals surface area contributed by atoms with Crippen LogP contribution in [-0.2, 0) is 11.2 Å². The van der Waals surface area contributed by atoms with Crippen molar-refractivity contribution in [3.05, 3.63) is 53.9 Å². The molecule has 1 atom stereocenters. The molecular weight excluding hydrogens is 378 g/mol. The Morgan fingerprint density at radius 1 is 1.07 bits per heavy atom. The van der Waals surface area contributed by atoms with Crippen LogP contribution in [0.25, 0.3) is 0 Å². The van der Waals surface area contributed by atoms with Crippen molar-refractivity contribution >= 4 is 11.7 Å². The molecule has 2 aliphatic heterocycles. The molecule has 0 N–H and O–H groups in total. The fraction of sp³-hybridized carbons (Fsp3) is 0.500. The number of hydrogen-bond acceptors (Lipinski definition) is 6. The summed E-state index contributed by atoms with van der Waals surface area (Å²) in [6.07, 6.45) is 8.05. The minimum atomic E-state index is -0.319. The molecule has 30 heavy (non-hydrogen) atoms. The Morgan fingerprint density at radius 3 is 2.53 bits per heavy atom. The molecular formula is C24H31N3O3. The molecule has 160 valence electrons.